The lowest BCUT2D eigenvalue weighted by Crippen LogP contribution is -1.98. The monoisotopic (exact) mass is 217 g/mol. The van der Waals surface area contributed by atoms with Crippen LogP contribution in [0.2, 0.25) is 0 Å². The fourth-order valence-corrected chi connectivity index (χ4v) is 2.25. The number of benzene rings is 1. The van der Waals surface area contributed by atoms with Crippen molar-refractivity contribution in [1.82, 2.24) is 0 Å². The van der Waals surface area contributed by atoms with Crippen LogP contribution in [-0.2, 0) is 19.4 Å². The molecule has 1 aromatic carbocycles. The van der Waals surface area contributed by atoms with E-state index in [1.165, 1.54) is 16.5 Å². The summed E-state index contributed by atoms with van der Waals surface area (Å²) in [5, 5.41) is 1.25. The smallest absolute Gasteiger partial charge is 0.137 e. The quantitative estimate of drug-likeness (QED) is 0.852. The minimum absolute atomic E-state index is 0.493. The van der Waals surface area contributed by atoms with Gasteiger partial charge in [-0.15, -0.1) is 0 Å². The van der Waals surface area contributed by atoms with Gasteiger partial charge in [0.15, 0.2) is 0 Å². The zero-order chi connectivity index (χ0) is 11.5. The standard InChI is InChI=1S/C14H19NO/c1-3-6-11-12-8-5-7-10(4-2)14(12)16-13(11)9-15/h5,7-8H,3-4,6,9,15H2,1-2H3. The van der Waals surface area contributed by atoms with Crippen LogP contribution in [0.5, 0.6) is 0 Å². The summed E-state index contributed by atoms with van der Waals surface area (Å²) in [6, 6.07) is 6.38. The Balaban J connectivity index is 2.66. The van der Waals surface area contributed by atoms with Gasteiger partial charge >= 0.3 is 0 Å². The van der Waals surface area contributed by atoms with Crippen molar-refractivity contribution >= 4 is 11.0 Å². The molecule has 0 unspecified atom stereocenters. The van der Waals surface area contributed by atoms with E-state index in [0.29, 0.717) is 6.54 Å². The lowest BCUT2D eigenvalue weighted by Gasteiger charge is -1.98. The predicted molar refractivity (Wildman–Crippen MR) is 67.5 cm³/mol. The maximum atomic E-state index is 5.90. The van der Waals surface area contributed by atoms with Crippen LogP contribution < -0.4 is 5.73 Å². The van der Waals surface area contributed by atoms with Crippen molar-refractivity contribution in [3.8, 4) is 0 Å². The minimum Gasteiger partial charge on any atom is -0.459 e. The highest BCUT2D eigenvalue weighted by molar-refractivity contribution is 5.85. The van der Waals surface area contributed by atoms with Gasteiger partial charge in [0.1, 0.15) is 11.3 Å². The molecule has 0 radical (unpaired) electrons. The molecule has 0 saturated heterocycles. The summed E-state index contributed by atoms with van der Waals surface area (Å²) in [4.78, 5) is 0. The van der Waals surface area contributed by atoms with Crippen LogP contribution in [0.4, 0.5) is 0 Å². The summed E-state index contributed by atoms with van der Waals surface area (Å²) in [5.41, 5.74) is 9.35. The van der Waals surface area contributed by atoms with Gasteiger partial charge < -0.3 is 10.2 Å². The molecule has 2 heteroatoms. The Morgan fingerprint density at radius 1 is 1.25 bits per heavy atom. The van der Waals surface area contributed by atoms with Gasteiger partial charge in [0.25, 0.3) is 0 Å². The molecule has 0 aliphatic heterocycles. The second-order valence-electron chi connectivity index (χ2n) is 4.11. The summed E-state index contributed by atoms with van der Waals surface area (Å²) >= 11 is 0. The fraction of sp³-hybridized carbons (Fsp3) is 0.429. The molecule has 2 nitrogen and oxygen atoms in total. The molecule has 2 rings (SSSR count). The molecular weight excluding hydrogens is 198 g/mol. The average Bonchev–Trinajstić information content (AvgIpc) is 2.68. The molecule has 0 atom stereocenters. The van der Waals surface area contributed by atoms with Gasteiger partial charge in [-0.1, -0.05) is 38.5 Å². The zero-order valence-electron chi connectivity index (χ0n) is 10.0. The van der Waals surface area contributed by atoms with Gasteiger partial charge in [-0.05, 0) is 18.4 Å². The van der Waals surface area contributed by atoms with Gasteiger partial charge in [0.05, 0.1) is 6.54 Å². The molecule has 2 N–H and O–H groups in total. The number of rotatable bonds is 4. The molecule has 0 saturated carbocycles. The van der Waals surface area contributed by atoms with E-state index in [0.717, 1.165) is 30.6 Å². The number of fused-ring (bicyclic) bond motifs is 1. The van der Waals surface area contributed by atoms with Crippen molar-refractivity contribution in [3.63, 3.8) is 0 Å². The molecule has 1 heterocycles. The number of para-hydroxylation sites is 1. The van der Waals surface area contributed by atoms with Gasteiger partial charge in [-0.25, -0.2) is 0 Å². The molecule has 0 bridgehead atoms. The van der Waals surface area contributed by atoms with E-state index < -0.39 is 0 Å². The van der Waals surface area contributed by atoms with Crippen molar-refractivity contribution < 1.29 is 4.42 Å². The Labute approximate surface area is 96.4 Å². The molecule has 0 fully saturated rings. The van der Waals surface area contributed by atoms with Gasteiger partial charge in [-0.3, -0.25) is 0 Å². The van der Waals surface area contributed by atoms with Crippen LogP contribution in [0.15, 0.2) is 22.6 Å². The number of nitrogens with two attached hydrogens (primary N) is 1. The lowest BCUT2D eigenvalue weighted by atomic mass is 10.0. The average molecular weight is 217 g/mol. The summed E-state index contributed by atoms with van der Waals surface area (Å²) < 4.78 is 5.90. The topological polar surface area (TPSA) is 39.2 Å². The summed E-state index contributed by atoms with van der Waals surface area (Å²) in [6.07, 6.45) is 3.17. The summed E-state index contributed by atoms with van der Waals surface area (Å²) in [5.74, 6) is 0.956. The first-order valence-corrected chi connectivity index (χ1v) is 6.04. The molecule has 16 heavy (non-hydrogen) atoms. The van der Waals surface area contributed by atoms with Crippen molar-refractivity contribution in [1.29, 1.82) is 0 Å². The second-order valence-corrected chi connectivity index (χ2v) is 4.11. The van der Waals surface area contributed by atoms with Crippen LogP contribution in [0.25, 0.3) is 11.0 Å². The third kappa shape index (κ3) is 1.74. The lowest BCUT2D eigenvalue weighted by molar-refractivity contribution is 0.542. The summed E-state index contributed by atoms with van der Waals surface area (Å²) in [7, 11) is 0. The van der Waals surface area contributed by atoms with Crippen LogP contribution in [-0.4, -0.2) is 0 Å². The molecular formula is C14H19NO. The van der Waals surface area contributed by atoms with Gasteiger partial charge in [0.2, 0.25) is 0 Å². The Morgan fingerprint density at radius 3 is 2.69 bits per heavy atom. The fourth-order valence-electron chi connectivity index (χ4n) is 2.25. The second kappa shape index (κ2) is 4.71. The van der Waals surface area contributed by atoms with E-state index in [4.69, 9.17) is 10.2 Å². The van der Waals surface area contributed by atoms with Crippen LogP contribution in [0, 0.1) is 0 Å². The SMILES string of the molecule is CCCc1c(CN)oc2c(CC)cccc12. The van der Waals surface area contributed by atoms with E-state index >= 15 is 0 Å². The molecule has 0 amide bonds. The molecule has 0 aliphatic carbocycles. The number of furan rings is 1. The first-order valence-electron chi connectivity index (χ1n) is 6.04. The van der Waals surface area contributed by atoms with E-state index in [-0.39, 0.29) is 0 Å². The third-order valence-electron chi connectivity index (χ3n) is 3.05. The molecule has 0 aliphatic rings. The maximum Gasteiger partial charge on any atom is 0.137 e. The minimum atomic E-state index is 0.493. The molecule has 86 valence electrons. The zero-order valence-corrected chi connectivity index (χ0v) is 10.0. The first-order chi connectivity index (χ1) is 7.81. The van der Waals surface area contributed by atoms with Crippen molar-refractivity contribution in [2.24, 2.45) is 5.73 Å². The predicted octanol–water partition coefficient (Wildman–Crippen LogP) is 3.41. The van der Waals surface area contributed by atoms with Gasteiger partial charge in [0, 0.05) is 10.9 Å². The van der Waals surface area contributed by atoms with Crippen LogP contribution in [0.1, 0.15) is 37.2 Å². The maximum absolute atomic E-state index is 5.90. The highest BCUT2D eigenvalue weighted by atomic mass is 16.3. The van der Waals surface area contributed by atoms with Gasteiger partial charge in [-0.2, -0.15) is 0 Å². The highest BCUT2D eigenvalue weighted by Crippen LogP contribution is 2.29. The molecule has 1 aromatic heterocycles. The Kier molecular flexibility index (Phi) is 3.30. The summed E-state index contributed by atoms with van der Waals surface area (Å²) in [6.45, 7) is 4.83. The van der Waals surface area contributed by atoms with Crippen molar-refractivity contribution in [2.45, 2.75) is 39.7 Å². The van der Waals surface area contributed by atoms with Crippen LogP contribution >= 0.6 is 0 Å². The highest BCUT2D eigenvalue weighted by Gasteiger charge is 2.13. The molecule has 0 spiro atoms. The first kappa shape index (κ1) is 11.2. The van der Waals surface area contributed by atoms with E-state index in [1.807, 2.05) is 0 Å². The number of hydrogen-bond donors (Lipinski definition) is 1. The third-order valence-corrected chi connectivity index (χ3v) is 3.05. The Bertz CT molecular complexity index is 485. The number of aryl methyl sites for hydroxylation is 2. The van der Waals surface area contributed by atoms with Crippen LogP contribution in [0.3, 0.4) is 0 Å². The normalized spacial score (nSPS) is 11.2. The van der Waals surface area contributed by atoms with E-state index in [1.54, 1.807) is 0 Å². The van der Waals surface area contributed by atoms with E-state index in [9.17, 15) is 0 Å². The van der Waals surface area contributed by atoms with Crippen molar-refractivity contribution in [3.05, 3.63) is 35.1 Å². The molecule has 2 aromatic rings. The van der Waals surface area contributed by atoms with E-state index in [2.05, 4.69) is 32.0 Å². The largest absolute Gasteiger partial charge is 0.459 e. The Hall–Kier alpha value is -1.28. The number of hydrogen-bond acceptors (Lipinski definition) is 2. The van der Waals surface area contributed by atoms with Crippen molar-refractivity contribution in [2.75, 3.05) is 0 Å². The Morgan fingerprint density at radius 2 is 2.06 bits per heavy atom.